The van der Waals surface area contributed by atoms with Gasteiger partial charge in [0.1, 0.15) is 0 Å². The fourth-order valence-electron chi connectivity index (χ4n) is 8.49. The van der Waals surface area contributed by atoms with Gasteiger partial charge in [-0.05, 0) is 109 Å². The maximum atomic E-state index is 3.89. The SMILES string of the molecule is CC(C)c1cccc(C(C)C)c1-c1ccc(CN2CCCC2C2CCCN2Cc2ccc(-c3c(C(C)C)cccc3C(C)C)[nH]2)[nH]1. The van der Waals surface area contributed by atoms with Crippen LogP contribution in [0.3, 0.4) is 0 Å². The summed E-state index contributed by atoms with van der Waals surface area (Å²) in [6.45, 7) is 22.9. The molecule has 2 atom stereocenters. The predicted octanol–water partition coefficient (Wildman–Crippen LogP) is 10.8. The van der Waals surface area contributed by atoms with Crippen molar-refractivity contribution >= 4 is 0 Å². The van der Waals surface area contributed by atoms with Crippen LogP contribution in [0.15, 0.2) is 60.7 Å². The van der Waals surface area contributed by atoms with Gasteiger partial charge in [0.2, 0.25) is 0 Å². The molecule has 4 nitrogen and oxygen atoms in total. The van der Waals surface area contributed by atoms with E-state index in [9.17, 15) is 0 Å². The highest BCUT2D eigenvalue weighted by Crippen LogP contribution is 2.38. The van der Waals surface area contributed by atoms with Crippen LogP contribution in [-0.2, 0) is 13.1 Å². The zero-order valence-electron chi connectivity index (χ0n) is 29.8. The topological polar surface area (TPSA) is 38.1 Å². The van der Waals surface area contributed by atoms with Crippen LogP contribution in [0.4, 0.5) is 0 Å². The van der Waals surface area contributed by atoms with Gasteiger partial charge >= 0.3 is 0 Å². The second kappa shape index (κ2) is 14.0. The summed E-state index contributed by atoms with van der Waals surface area (Å²) < 4.78 is 0. The van der Waals surface area contributed by atoms with Gasteiger partial charge in [-0.25, -0.2) is 0 Å². The van der Waals surface area contributed by atoms with Crippen LogP contribution in [0, 0.1) is 0 Å². The summed E-state index contributed by atoms with van der Waals surface area (Å²) in [7, 11) is 0. The summed E-state index contributed by atoms with van der Waals surface area (Å²) in [5.41, 5.74) is 13.9. The molecule has 46 heavy (non-hydrogen) atoms. The first kappa shape index (κ1) is 32.8. The van der Waals surface area contributed by atoms with Gasteiger partial charge in [-0.3, -0.25) is 9.80 Å². The lowest BCUT2D eigenvalue weighted by molar-refractivity contribution is 0.122. The van der Waals surface area contributed by atoms with E-state index < -0.39 is 0 Å². The Morgan fingerprint density at radius 3 is 1.20 bits per heavy atom. The van der Waals surface area contributed by atoms with Crippen LogP contribution in [0.25, 0.3) is 22.5 Å². The van der Waals surface area contributed by atoms with Crippen molar-refractivity contribution < 1.29 is 0 Å². The minimum atomic E-state index is 0.495. The highest BCUT2D eigenvalue weighted by molar-refractivity contribution is 5.71. The Labute approximate surface area is 279 Å². The predicted molar refractivity (Wildman–Crippen MR) is 196 cm³/mol. The first-order valence-electron chi connectivity index (χ1n) is 18.2. The Morgan fingerprint density at radius 1 is 0.522 bits per heavy atom. The smallest absolute Gasteiger partial charge is 0.0462 e. The maximum absolute atomic E-state index is 3.89. The Kier molecular flexibility index (Phi) is 9.96. The molecule has 2 aromatic carbocycles. The number of aromatic nitrogens is 2. The number of likely N-dealkylation sites (tertiary alicyclic amines) is 2. The van der Waals surface area contributed by atoms with Crippen LogP contribution in [-0.4, -0.2) is 44.9 Å². The summed E-state index contributed by atoms with van der Waals surface area (Å²) in [4.78, 5) is 13.3. The lowest BCUT2D eigenvalue weighted by Crippen LogP contribution is -2.45. The molecule has 2 fully saturated rings. The number of benzene rings is 2. The van der Waals surface area contributed by atoms with Crippen LogP contribution in [0.5, 0.6) is 0 Å². The largest absolute Gasteiger partial charge is 0.357 e. The number of hydrogen-bond donors (Lipinski definition) is 2. The molecule has 6 rings (SSSR count). The lowest BCUT2D eigenvalue weighted by Gasteiger charge is -2.34. The van der Waals surface area contributed by atoms with Gasteiger partial charge in [-0.15, -0.1) is 0 Å². The lowest BCUT2D eigenvalue weighted by atomic mass is 9.87. The summed E-state index contributed by atoms with van der Waals surface area (Å²) in [5, 5.41) is 0. The molecule has 0 spiro atoms. The summed E-state index contributed by atoms with van der Waals surface area (Å²) >= 11 is 0. The van der Waals surface area contributed by atoms with Gasteiger partial charge in [0.25, 0.3) is 0 Å². The van der Waals surface area contributed by atoms with E-state index >= 15 is 0 Å². The van der Waals surface area contributed by atoms with Crippen molar-refractivity contribution in [3.8, 4) is 22.5 Å². The van der Waals surface area contributed by atoms with Crippen molar-refractivity contribution in [3.63, 3.8) is 0 Å². The third kappa shape index (κ3) is 6.66. The second-order valence-corrected chi connectivity index (χ2v) is 15.4. The van der Waals surface area contributed by atoms with Gasteiger partial charge in [0.15, 0.2) is 0 Å². The van der Waals surface area contributed by atoms with E-state index in [4.69, 9.17) is 0 Å². The monoisotopic (exact) mass is 618 g/mol. The molecule has 2 unspecified atom stereocenters. The van der Waals surface area contributed by atoms with E-state index in [0.29, 0.717) is 35.8 Å². The average molecular weight is 619 g/mol. The van der Waals surface area contributed by atoms with E-state index in [2.05, 4.69) is 136 Å². The zero-order chi connectivity index (χ0) is 32.5. The number of nitrogens with zero attached hydrogens (tertiary/aromatic N) is 2. The Balaban J connectivity index is 1.18. The Bertz CT molecular complexity index is 1430. The molecule has 0 saturated carbocycles. The second-order valence-electron chi connectivity index (χ2n) is 15.4. The van der Waals surface area contributed by atoms with Gasteiger partial charge < -0.3 is 9.97 Å². The van der Waals surface area contributed by atoms with Crippen LogP contribution >= 0.6 is 0 Å². The van der Waals surface area contributed by atoms with E-state index in [-0.39, 0.29) is 0 Å². The minimum absolute atomic E-state index is 0.495. The van der Waals surface area contributed by atoms with Gasteiger partial charge in [0.05, 0.1) is 0 Å². The normalized spacial score (nSPS) is 19.6. The van der Waals surface area contributed by atoms with Crippen LogP contribution < -0.4 is 0 Å². The van der Waals surface area contributed by atoms with Crippen molar-refractivity contribution in [2.24, 2.45) is 0 Å². The number of aromatic amines is 2. The summed E-state index contributed by atoms with van der Waals surface area (Å²) in [6.07, 6.45) is 5.20. The molecule has 4 heterocycles. The van der Waals surface area contributed by atoms with Crippen LogP contribution in [0.2, 0.25) is 0 Å². The molecule has 2 saturated heterocycles. The average Bonchev–Trinajstić information content (AvgIpc) is 3.85. The molecule has 0 bridgehead atoms. The summed E-state index contributed by atoms with van der Waals surface area (Å²) in [5.74, 6) is 1.98. The molecular weight excluding hydrogens is 560 g/mol. The van der Waals surface area contributed by atoms with E-state index in [1.165, 1.54) is 94.9 Å². The molecule has 2 N–H and O–H groups in total. The van der Waals surface area contributed by atoms with Crippen molar-refractivity contribution in [2.45, 2.75) is 130 Å². The van der Waals surface area contributed by atoms with E-state index in [0.717, 1.165) is 13.1 Å². The Hall–Kier alpha value is -3.08. The van der Waals surface area contributed by atoms with Crippen molar-refractivity contribution in [3.05, 3.63) is 94.3 Å². The highest BCUT2D eigenvalue weighted by Gasteiger charge is 2.38. The summed E-state index contributed by atoms with van der Waals surface area (Å²) in [6, 6.07) is 24.3. The third-order valence-corrected chi connectivity index (χ3v) is 10.8. The number of rotatable bonds is 11. The molecule has 2 aliphatic rings. The van der Waals surface area contributed by atoms with Crippen molar-refractivity contribution in [2.75, 3.05) is 13.1 Å². The molecule has 246 valence electrons. The molecule has 2 aromatic heterocycles. The zero-order valence-corrected chi connectivity index (χ0v) is 29.8. The molecule has 4 heteroatoms. The van der Waals surface area contributed by atoms with E-state index in [1.54, 1.807) is 0 Å². The third-order valence-electron chi connectivity index (χ3n) is 10.8. The van der Waals surface area contributed by atoms with Gasteiger partial charge in [0, 0.05) is 59.1 Å². The molecule has 0 amide bonds. The highest BCUT2D eigenvalue weighted by atomic mass is 15.3. The number of H-pyrrole nitrogens is 2. The first-order valence-corrected chi connectivity index (χ1v) is 18.2. The van der Waals surface area contributed by atoms with E-state index in [1.807, 2.05) is 0 Å². The Morgan fingerprint density at radius 2 is 0.870 bits per heavy atom. The molecule has 0 radical (unpaired) electrons. The fourth-order valence-corrected chi connectivity index (χ4v) is 8.49. The van der Waals surface area contributed by atoms with Crippen molar-refractivity contribution in [1.82, 2.24) is 19.8 Å². The maximum Gasteiger partial charge on any atom is 0.0462 e. The molecule has 2 aliphatic heterocycles. The number of hydrogen-bond acceptors (Lipinski definition) is 2. The van der Waals surface area contributed by atoms with Crippen molar-refractivity contribution in [1.29, 1.82) is 0 Å². The molecule has 4 aromatic rings. The van der Waals surface area contributed by atoms with Gasteiger partial charge in [-0.2, -0.15) is 0 Å². The van der Waals surface area contributed by atoms with Gasteiger partial charge in [-0.1, -0.05) is 91.8 Å². The first-order chi connectivity index (χ1) is 22.1. The standard InChI is InChI=1S/C42H58N4/c1-27(2)33-13-9-14-34(28(3)4)41(33)37-21-19-31(43-37)25-45-23-11-17-39(45)40-18-12-24-46(40)26-32-20-22-38(44-32)42-35(29(5)6)15-10-16-36(42)30(7)8/h9-10,13-16,19-22,27-30,39-40,43-44H,11-12,17-18,23-26H2,1-8H3. The number of nitrogens with one attached hydrogen (secondary N) is 2. The minimum Gasteiger partial charge on any atom is -0.357 e. The quantitative estimate of drug-likeness (QED) is 0.175. The van der Waals surface area contributed by atoms with Crippen LogP contribution in [0.1, 0.15) is 138 Å². The fraction of sp³-hybridized carbons (Fsp3) is 0.524. The molecule has 0 aliphatic carbocycles. The molecular formula is C42H58N4.